The van der Waals surface area contributed by atoms with E-state index in [1.54, 1.807) is 11.6 Å². The number of esters is 1. The Morgan fingerprint density at radius 3 is 2.63 bits per heavy atom. The fourth-order valence-electron chi connectivity index (χ4n) is 9.90. The van der Waals surface area contributed by atoms with E-state index in [9.17, 15) is 4.79 Å². The zero-order chi connectivity index (χ0) is 26.9. The molecule has 0 heterocycles. The van der Waals surface area contributed by atoms with Crippen LogP contribution in [-0.2, 0) is 9.53 Å². The molecular formula is C36H54O2. The van der Waals surface area contributed by atoms with Gasteiger partial charge in [-0.3, -0.25) is 0 Å². The molecule has 5 rings (SSSR count). The van der Waals surface area contributed by atoms with Crippen LogP contribution in [0.2, 0.25) is 0 Å². The summed E-state index contributed by atoms with van der Waals surface area (Å²) in [6.45, 7) is 12.6. The van der Waals surface area contributed by atoms with Crippen LogP contribution in [0, 0.1) is 52.3 Å². The lowest BCUT2D eigenvalue weighted by Gasteiger charge is -2.58. The summed E-state index contributed by atoms with van der Waals surface area (Å²) in [4.78, 5) is 12.6. The van der Waals surface area contributed by atoms with E-state index in [0.717, 1.165) is 54.8 Å². The van der Waals surface area contributed by atoms with Crippen LogP contribution >= 0.6 is 0 Å². The normalized spacial score (nSPS) is 40.9. The first-order valence-electron chi connectivity index (χ1n) is 16.1. The number of allylic oxidation sites excluding steroid dienone is 6. The highest BCUT2D eigenvalue weighted by Gasteiger charge is 2.59. The van der Waals surface area contributed by atoms with Crippen molar-refractivity contribution in [2.75, 3.05) is 0 Å². The molecule has 38 heavy (non-hydrogen) atoms. The van der Waals surface area contributed by atoms with Crippen LogP contribution < -0.4 is 0 Å². The SMILES string of the molecule is CC(C)CCC[C@@H](C)[C@H]1CCC2C3CC=C4CC(OC(=O)C=CC5C=CC=CC5)CC[C@]4(C)C3CC[C@@]21C. The molecule has 0 bridgehead atoms. The number of fused-ring (bicyclic) bond motifs is 5. The van der Waals surface area contributed by atoms with E-state index >= 15 is 0 Å². The zero-order valence-corrected chi connectivity index (χ0v) is 25.0. The fourth-order valence-corrected chi connectivity index (χ4v) is 9.90. The molecule has 0 spiro atoms. The Morgan fingerprint density at radius 1 is 1.03 bits per heavy atom. The van der Waals surface area contributed by atoms with Gasteiger partial charge < -0.3 is 4.74 Å². The van der Waals surface area contributed by atoms with Gasteiger partial charge in [-0.15, -0.1) is 0 Å². The molecule has 0 aliphatic heterocycles. The van der Waals surface area contributed by atoms with Gasteiger partial charge in [0.2, 0.25) is 0 Å². The number of ether oxygens (including phenoxy) is 1. The van der Waals surface area contributed by atoms with E-state index in [1.807, 2.05) is 6.08 Å². The van der Waals surface area contributed by atoms with Gasteiger partial charge in [0.25, 0.3) is 0 Å². The largest absolute Gasteiger partial charge is 0.459 e. The van der Waals surface area contributed by atoms with Crippen LogP contribution in [0.5, 0.6) is 0 Å². The Labute approximate surface area is 233 Å². The second-order valence-electron chi connectivity index (χ2n) is 14.7. The van der Waals surface area contributed by atoms with Gasteiger partial charge in [-0.05, 0) is 104 Å². The molecule has 0 saturated heterocycles. The average Bonchev–Trinajstić information content (AvgIpc) is 3.25. The van der Waals surface area contributed by atoms with Crippen LogP contribution in [0.15, 0.2) is 48.1 Å². The minimum Gasteiger partial charge on any atom is -0.459 e. The third-order valence-electron chi connectivity index (χ3n) is 12.0. The maximum absolute atomic E-state index is 12.6. The molecule has 210 valence electrons. The molecule has 2 heteroatoms. The third-order valence-corrected chi connectivity index (χ3v) is 12.0. The van der Waals surface area contributed by atoms with Crippen LogP contribution in [0.4, 0.5) is 0 Å². The van der Waals surface area contributed by atoms with Crippen LogP contribution in [0.3, 0.4) is 0 Å². The van der Waals surface area contributed by atoms with Gasteiger partial charge in [-0.25, -0.2) is 4.79 Å². The standard InChI is InChI=1S/C36H54O2/c1-25(2)10-9-11-26(3)31-17-18-32-30-16-15-28-24-29(38-34(37)19-14-27-12-7-6-8-13-27)20-22-35(28,4)33(30)21-23-36(31,32)5/h6-8,12,14-15,19,25-27,29-33H,9-11,13,16-18,20-24H2,1-5H3/t26-,27?,29?,30?,31-,32?,33?,35+,36-/m1/s1. The first-order chi connectivity index (χ1) is 18.2. The molecule has 3 fully saturated rings. The number of carbonyl (C=O) groups is 1. The minimum absolute atomic E-state index is 0.0428. The van der Waals surface area contributed by atoms with Crippen molar-refractivity contribution in [3.8, 4) is 0 Å². The highest BCUT2D eigenvalue weighted by molar-refractivity contribution is 5.82. The number of carbonyl (C=O) groups excluding carboxylic acids is 1. The third kappa shape index (κ3) is 5.53. The highest BCUT2D eigenvalue weighted by atomic mass is 16.5. The number of hydrogen-bond donors (Lipinski definition) is 0. The monoisotopic (exact) mass is 518 g/mol. The van der Waals surface area contributed by atoms with E-state index in [0.29, 0.717) is 16.7 Å². The summed E-state index contributed by atoms with van der Waals surface area (Å²) in [6, 6.07) is 0. The smallest absolute Gasteiger partial charge is 0.330 e. The van der Waals surface area contributed by atoms with Gasteiger partial charge in [-0.1, -0.05) is 95.9 Å². The summed E-state index contributed by atoms with van der Waals surface area (Å²) in [6.07, 6.45) is 30.1. The van der Waals surface area contributed by atoms with Crippen molar-refractivity contribution in [2.24, 2.45) is 52.3 Å². The zero-order valence-electron chi connectivity index (χ0n) is 25.0. The second-order valence-corrected chi connectivity index (χ2v) is 14.7. The van der Waals surface area contributed by atoms with E-state index in [4.69, 9.17) is 4.74 Å². The van der Waals surface area contributed by atoms with Crippen molar-refractivity contribution in [1.82, 2.24) is 0 Å². The fraction of sp³-hybridized carbons (Fsp3) is 0.750. The quantitative estimate of drug-likeness (QED) is 0.182. The number of rotatable bonds is 8. The van der Waals surface area contributed by atoms with Crippen molar-refractivity contribution in [2.45, 2.75) is 118 Å². The van der Waals surface area contributed by atoms with Gasteiger partial charge in [0.1, 0.15) is 6.10 Å². The van der Waals surface area contributed by atoms with Crippen molar-refractivity contribution >= 4 is 5.97 Å². The summed E-state index contributed by atoms with van der Waals surface area (Å²) in [7, 11) is 0. The molecule has 2 nitrogen and oxygen atoms in total. The molecule has 5 aliphatic rings. The first kappa shape index (κ1) is 28.0. The van der Waals surface area contributed by atoms with Gasteiger partial charge in [0.15, 0.2) is 0 Å². The van der Waals surface area contributed by atoms with Gasteiger partial charge in [0, 0.05) is 12.5 Å². The molecule has 0 aromatic heterocycles. The predicted molar refractivity (Wildman–Crippen MR) is 158 cm³/mol. The summed E-state index contributed by atoms with van der Waals surface area (Å²) in [5.41, 5.74) is 2.46. The molecule has 0 amide bonds. The lowest BCUT2D eigenvalue weighted by atomic mass is 9.47. The Kier molecular flexibility index (Phi) is 8.47. The van der Waals surface area contributed by atoms with E-state index in [1.165, 1.54) is 57.8 Å². The Bertz CT molecular complexity index is 968. The van der Waals surface area contributed by atoms with Gasteiger partial charge >= 0.3 is 5.97 Å². The molecule has 9 atom stereocenters. The van der Waals surface area contributed by atoms with Crippen molar-refractivity contribution in [3.63, 3.8) is 0 Å². The number of hydrogen-bond acceptors (Lipinski definition) is 2. The Hall–Kier alpha value is -1.57. The van der Waals surface area contributed by atoms with E-state index < -0.39 is 0 Å². The summed E-state index contributed by atoms with van der Waals surface area (Å²) in [5, 5.41) is 0. The molecule has 0 radical (unpaired) electrons. The molecule has 5 aliphatic carbocycles. The van der Waals surface area contributed by atoms with Gasteiger partial charge in [-0.2, -0.15) is 0 Å². The minimum atomic E-state index is -0.163. The van der Waals surface area contributed by atoms with Crippen LogP contribution in [0.1, 0.15) is 112 Å². The Morgan fingerprint density at radius 2 is 1.87 bits per heavy atom. The molecule has 0 N–H and O–H groups in total. The van der Waals surface area contributed by atoms with Crippen LogP contribution in [0.25, 0.3) is 0 Å². The summed E-state index contributed by atoms with van der Waals surface area (Å²) >= 11 is 0. The topological polar surface area (TPSA) is 26.3 Å². The molecular weight excluding hydrogens is 464 g/mol. The summed E-state index contributed by atoms with van der Waals surface area (Å²) < 4.78 is 5.98. The maximum Gasteiger partial charge on any atom is 0.330 e. The molecule has 3 saturated carbocycles. The Balaban J connectivity index is 1.20. The van der Waals surface area contributed by atoms with Crippen molar-refractivity contribution < 1.29 is 9.53 Å². The average molecular weight is 519 g/mol. The van der Waals surface area contributed by atoms with Crippen molar-refractivity contribution in [1.29, 1.82) is 0 Å². The van der Waals surface area contributed by atoms with Crippen LogP contribution in [-0.4, -0.2) is 12.1 Å². The van der Waals surface area contributed by atoms with Crippen molar-refractivity contribution in [3.05, 3.63) is 48.1 Å². The molecule has 0 aromatic carbocycles. The molecule has 5 unspecified atom stereocenters. The first-order valence-corrected chi connectivity index (χ1v) is 16.1. The second kappa shape index (κ2) is 11.5. The van der Waals surface area contributed by atoms with E-state index in [-0.39, 0.29) is 12.1 Å². The molecule has 0 aromatic rings. The van der Waals surface area contributed by atoms with E-state index in [2.05, 4.69) is 65.0 Å². The highest BCUT2D eigenvalue weighted by Crippen LogP contribution is 2.67. The maximum atomic E-state index is 12.6. The predicted octanol–water partition coefficient (Wildman–Crippen LogP) is 9.63. The lowest BCUT2D eigenvalue weighted by Crippen LogP contribution is -2.51. The lowest BCUT2D eigenvalue weighted by molar-refractivity contribution is -0.145. The summed E-state index contributed by atoms with van der Waals surface area (Å²) in [5.74, 6) is 5.35. The van der Waals surface area contributed by atoms with Gasteiger partial charge in [0.05, 0.1) is 0 Å².